The summed E-state index contributed by atoms with van der Waals surface area (Å²) in [5, 5.41) is -0.164. The number of thioether (sulfide) groups is 1. The molecular formula is C17H17F2N3OS. The van der Waals surface area contributed by atoms with Crippen LogP contribution in [0.25, 0.3) is 0 Å². The highest BCUT2D eigenvalue weighted by atomic mass is 32.2. The summed E-state index contributed by atoms with van der Waals surface area (Å²) in [4.78, 5) is 22.4. The fourth-order valence-electron chi connectivity index (χ4n) is 2.65. The summed E-state index contributed by atoms with van der Waals surface area (Å²) >= 11 is 1.54. The smallest absolute Gasteiger partial charge is 0.274 e. The van der Waals surface area contributed by atoms with Gasteiger partial charge in [0.15, 0.2) is 0 Å². The summed E-state index contributed by atoms with van der Waals surface area (Å²) in [5.41, 5.74) is 1.42. The molecule has 1 aromatic heterocycles. The van der Waals surface area contributed by atoms with Crippen LogP contribution in [0.1, 0.15) is 33.4 Å². The second-order valence-electron chi connectivity index (χ2n) is 5.65. The number of nitrogens with zero attached hydrogens (tertiary/aromatic N) is 3. The van der Waals surface area contributed by atoms with Crippen LogP contribution in [-0.2, 0) is 0 Å². The minimum absolute atomic E-state index is 0.164. The zero-order valence-corrected chi connectivity index (χ0v) is 14.0. The molecule has 0 unspecified atom stereocenters. The number of rotatable bonds is 2. The van der Waals surface area contributed by atoms with Crippen LogP contribution in [0.15, 0.2) is 30.6 Å². The van der Waals surface area contributed by atoms with Gasteiger partial charge in [-0.2, -0.15) is 11.8 Å². The van der Waals surface area contributed by atoms with Gasteiger partial charge in [0.1, 0.15) is 17.3 Å². The standard InChI is InChI=1S/C17H17F2N3OS/c1-11-9-21-15(10-20-11)17(23)22-5-4-16(24-7-6-22)13-8-12(18)2-3-14(13)19/h2-3,8-10,16H,4-7H2,1H3/t16-/m1/s1. The number of halogens is 2. The molecule has 1 aromatic carbocycles. The Morgan fingerprint density at radius 3 is 2.83 bits per heavy atom. The van der Waals surface area contributed by atoms with Crippen molar-refractivity contribution < 1.29 is 13.6 Å². The van der Waals surface area contributed by atoms with E-state index in [1.54, 1.807) is 22.9 Å². The van der Waals surface area contributed by atoms with Crippen LogP contribution in [0.4, 0.5) is 8.78 Å². The number of aromatic nitrogens is 2. The zero-order valence-electron chi connectivity index (χ0n) is 13.2. The largest absolute Gasteiger partial charge is 0.336 e. The van der Waals surface area contributed by atoms with Gasteiger partial charge >= 0.3 is 0 Å². The lowest BCUT2D eigenvalue weighted by Gasteiger charge is -2.20. The van der Waals surface area contributed by atoms with Crippen molar-refractivity contribution in [2.24, 2.45) is 0 Å². The van der Waals surface area contributed by atoms with Crippen molar-refractivity contribution in [3.8, 4) is 0 Å². The first-order valence-corrected chi connectivity index (χ1v) is 8.74. The molecular weight excluding hydrogens is 332 g/mol. The summed E-state index contributed by atoms with van der Waals surface area (Å²) in [6.07, 6.45) is 3.60. The van der Waals surface area contributed by atoms with E-state index >= 15 is 0 Å². The first-order valence-electron chi connectivity index (χ1n) is 7.69. The average molecular weight is 349 g/mol. The fourth-order valence-corrected chi connectivity index (χ4v) is 3.89. The molecule has 1 aliphatic rings. The van der Waals surface area contributed by atoms with Crippen LogP contribution < -0.4 is 0 Å². The molecule has 0 bridgehead atoms. The van der Waals surface area contributed by atoms with Gasteiger partial charge in [0.05, 0.1) is 11.9 Å². The minimum Gasteiger partial charge on any atom is -0.336 e. The van der Waals surface area contributed by atoms with E-state index in [4.69, 9.17) is 0 Å². The highest BCUT2D eigenvalue weighted by molar-refractivity contribution is 7.99. The molecule has 0 spiro atoms. The van der Waals surface area contributed by atoms with Crippen LogP contribution in [0, 0.1) is 18.6 Å². The molecule has 0 aliphatic carbocycles. The summed E-state index contributed by atoms with van der Waals surface area (Å²) in [5.74, 6) is -0.369. The van der Waals surface area contributed by atoms with Crippen molar-refractivity contribution in [1.29, 1.82) is 0 Å². The number of aryl methyl sites for hydroxylation is 1. The van der Waals surface area contributed by atoms with Gasteiger partial charge in [0, 0.05) is 35.9 Å². The molecule has 7 heteroatoms. The van der Waals surface area contributed by atoms with Gasteiger partial charge in [-0.25, -0.2) is 13.8 Å². The maximum atomic E-state index is 14.0. The monoisotopic (exact) mass is 349 g/mol. The molecule has 1 saturated heterocycles. The van der Waals surface area contributed by atoms with Gasteiger partial charge in [0.2, 0.25) is 0 Å². The van der Waals surface area contributed by atoms with E-state index in [9.17, 15) is 13.6 Å². The van der Waals surface area contributed by atoms with Crippen molar-refractivity contribution in [3.63, 3.8) is 0 Å². The lowest BCUT2D eigenvalue weighted by atomic mass is 10.1. The van der Waals surface area contributed by atoms with E-state index in [1.165, 1.54) is 12.3 Å². The zero-order chi connectivity index (χ0) is 17.1. The van der Waals surface area contributed by atoms with Crippen LogP contribution in [0.2, 0.25) is 0 Å². The van der Waals surface area contributed by atoms with Crippen molar-refractivity contribution in [2.75, 3.05) is 18.8 Å². The Balaban J connectivity index is 1.72. The lowest BCUT2D eigenvalue weighted by molar-refractivity contribution is 0.0760. The van der Waals surface area contributed by atoms with Gasteiger partial charge < -0.3 is 4.90 Å². The molecule has 2 aromatic rings. The molecule has 1 atom stereocenters. The van der Waals surface area contributed by atoms with Crippen LogP contribution in [0.5, 0.6) is 0 Å². The third-order valence-corrected chi connectivity index (χ3v) is 5.24. The molecule has 1 aliphatic heterocycles. The predicted molar refractivity (Wildman–Crippen MR) is 88.8 cm³/mol. The Kier molecular flexibility index (Phi) is 5.08. The van der Waals surface area contributed by atoms with Crippen molar-refractivity contribution >= 4 is 17.7 Å². The molecule has 0 radical (unpaired) electrons. The maximum absolute atomic E-state index is 14.0. The molecule has 1 fully saturated rings. The number of carbonyl (C=O) groups excluding carboxylic acids is 1. The van der Waals surface area contributed by atoms with Crippen molar-refractivity contribution in [2.45, 2.75) is 18.6 Å². The first-order chi connectivity index (χ1) is 11.5. The fraction of sp³-hybridized carbons (Fsp3) is 0.353. The molecule has 126 valence electrons. The number of carbonyl (C=O) groups is 1. The second-order valence-corrected chi connectivity index (χ2v) is 6.96. The van der Waals surface area contributed by atoms with Crippen LogP contribution >= 0.6 is 11.8 Å². The van der Waals surface area contributed by atoms with Crippen molar-refractivity contribution in [1.82, 2.24) is 14.9 Å². The van der Waals surface area contributed by atoms with E-state index in [0.717, 1.165) is 17.8 Å². The molecule has 2 heterocycles. The minimum atomic E-state index is -0.445. The topological polar surface area (TPSA) is 46.1 Å². The highest BCUT2D eigenvalue weighted by Crippen LogP contribution is 2.36. The Labute approximate surface area is 143 Å². The Bertz CT molecular complexity index is 739. The third kappa shape index (κ3) is 3.72. The normalized spacial score (nSPS) is 18.3. The van der Waals surface area contributed by atoms with E-state index in [-0.39, 0.29) is 11.2 Å². The van der Waals surface area contributed by atoms with E-state index in [0.29, 0.717) is 36.5 Å². The van der Waals surface area contributed by atoms with Gasteiger partial charge in [-0.3, -0.25) is 9.78 Å². The predicted octanol–water partition coefficient (Wildman–Crippen LogP) is 3.38. The lowest BCUT2D eigenvalue weighted by Crippen LogP contribution is -2.33. The first kappa shape index (κ1) is 16.8. The van der Waals surface area contributed by atoms with Crippen LogP contribution in [0.3, 0.4) is 0 Å². The van der Waals surface area contributed by atoms with E-state index in [1.807, 2.05) is 6.92 Å². The number of amides is 1. The van der Waals surface area contributed by atoms with E-state index in [2.05, 4.69) is 9.97 Å². The summed E-state index contributed by atoms with van der Waals surface area (Å²) in [6.45, 7) is 2.83. The quantitative estimate of drug-likeness (QED) is 0.834. The molecule has 24 heavy (non-hydrogen) atoms. The number of benzene rings is 1. The summed E-state index contributed by atoms with van der Waals surface area (Å²) < 4.78 is 27.4. The maximum Gasteiger partial charge on any atom is 0.274 e. The Morgan fingerprint density at radius 1 is 1.25 bits per heavy atom. The SMILES string of the molecule is Cc1cnc(C(=O)N2CCS[C@@H](c3cc(F)ccc3F)CC2)cn1. The molecule has 3 rings (SSSR count). The summed E-state index contributed by atoms with van der Waals surface area (Å²) in [7, 11) is 0. The second kappa shape index (κ2) is 7.25. The van der Waals surface area contributed by atoms with Gasteiger partial charge in [-0.15, -0.1) is 0 Å². The average Bonchev–Trinajstić information content (AvgIpc) is 2.83. The van der Waals surface area contributed by atoms with Gasteiger partial charge in [-0.05, 0) is 31.5 Å². The van der Waals surface area contributed by atoms with Crippen LogP contribution in [-0.4, -0.2) is 39.6 Å². The van der Waals surface area contributed by atoms with Gasteiger partial charge in [-0.1, -0.05) is 0 Å². The molecule has 0 N–H and O–H groups in total. The Hall–Kier alpha value is -2.02. The number of hydrogen-bond donors (Lipinski definition) is 0. The molecule has 0 saturated carbocycles. The van der Waals surface area contributed by atoms with E-state index < -0.39 is 11.6 Å². The Morgan fingerprint density at radius 2 is 2.08 bits per heavy atom. The highest BCUT2D eigenvalue weighted by Gasteiger charge is 2.25. The molecule has 1 amide bonds. The summed E-state index contributed by atoms with van der Waals surface area (Å²) in [6, 6.07) is 3.52. The van der Waals surface area contributed by atoms with Gasteiger partial charge in [0.25, 0.3) is 5.91 Å². The van der Waals surface area contributed by atoms with Crippen molar-refractivity contribution in [3.05, 3.63) is 59.2 Å². The third-order valence-electron chi connectivity index (χ3n) is 3.93. The molecule has 4 nitrogen and oxygen atoms in total. The number of hydrogen-bond acceptors (Lipinski definition) is 4.